The number of nitrogens with one attached hydrogen (secondary N) is 1. The van der Waals surface area contributed by atoms with E-state index in [1.54, 1.807) is 31.7 Å². The van der Waals surface area contributed by atoms with Crippen LogP contribution in [-0.2, 0) is 11.8 Å². The van der Waals surface area contributed by atoms with Crippen LogP contribution in [0.5, 0.6) is 0 Å². The molecule has 3 aromatic heterocycles. The number of carbonyl (C=O) groups is 1. The van der Waals surface area contributed by atoms with E-state index >= 15 is 0 Å². The Morgan fingerprint density at radius 2 is 2.03 bits per heavy atom. The van der Waals surface area contributed by atoms with Gasteiger partial charge in [-0.05, 0) is 44.7 Å². The molecule has 1 amide bonds. The first kappa shape index (κ1) is 18.6. The maximum Gasteiger partial charge on any atom is 0.257 e. The second-order valence-corrected chi connectivity index (χ2v) is 8.11. The molecule has 1 unspecified atom stereocenters. The molecule has 3 aromatic rings. The molecule has 1 saturated heterocycles. The van der Waals surface area contributed by atoms with Crippen molar-refractivity contribution in [1.29, 1.82) is 0 Å². The highest BCUT2D eigenvalue weighted by atomic mass is 16.2. The molecule has 0 bridgehead atoms. The van der Waals surface area contributed by atoms with Crippen LogP contribution in [0.15, 0.2) is 41.7 Å². The number of aryl methyl sites for hydroxylation is 1. The average Bonchev–Trinajstić information content (AvgIpc) is 3.12. The topological polar surface area (TPSA) is 105 Å². The van der Waals surface area contributed by atoms with Crippen molar-refractivity contribution in [3.8, 4) is 11.4 Å². The third kappa shape index (κ3) is 3.08. The zero-order chi connectivity index (χ0) is 20.7. The Bertz CT molecular complexity index is 1160. The fourth-order valence-corrected chi connectivity index (χ4v) is 4.68. The number of pyridine rings is 1. The Kier molecular flexibility index (Phi) is 4.42. The molecule has 1 N–H and O–H groups in total. The summed E-state index contributed by atoms with van der Waals surface area (Å²) in [5, 5.41) is 0. The van der Waals surface area contributed by atoms with Gasteiger partial charge in [0.2, 0.25) is 0 Å². The minimum absolute atomic E-state index is 0.0696. The van der Waals surface area contributed by atoms with Crippen molar-refractivity contribution in [3.63, 3.8) is 0 Å². The molecule has 1 atom stereocenters. The predicted molar refractivity (Wildman–Crippen MR) is 110 cm³/mol. The van der Waals surface area contributed by atoms with Crippen molar-refractivity contribution in [3.05, 3.63) is 69.9 Å². The van der Waals surface area contributed by atoms with Gasteiger partial charge in [0.15, 0.2) is 0 Å². The number of fused-ring (bicyclic) bond motifs is 2. The number of rotatable bonds is 2. The molecular formula is C22H22N6O2. The SMILES string of the molecule is Cc1ncc(C(=O)N2CCCC3(CCc4c3nc(-c3cccnc3)[nH]c4=O)C2)cn1. The lowest BCUT2D eigenvalue weighted by Gasteiger charge is -2.40. The highest BCUT2D eigenvalue weighted by Gasteiger charge is 2.45. The molecule has 1 spiro atoms. The molecule has 5 rings (SSSR count). The number of amides is 1. The monoisotopic (exact) mass is 402 g/mol. The van der Waals surface area contributed by atoms with Crippen LogP contribution in [0.4, 0.5) is 0 Å². The third-order valence-electron chi connectivity index (χ3n) is 6.20. The molecule has 1 fully saturated rings. The first-order valence-corrected chi connectivity index (χ1v) is 10.2. The van der Waals surface area contributed by atoms with Gasteiger partial charge in [-0.3, -0.25) is 14.6 Å². The lowest BCUT2D eigenvalue weighted by Crippen LogP contribution is -2.48. The van der Waals surface area contributed by atoms with E-state index < -0.39 is 0 Å². The van der Waals surface area contributed by atoms with Crippen molar-refractivity contribution in [2.24, 2.45) is 0 Å². The number of nitrogens with zero attached hydrogens (tertiary/aromatic N) is 5. The number of hydrogen-bond donors (Lipinski definition) is 1. The molecule has 8 heteroatoms. The summed E-state index contributed by atoms with van der Waals surface area (Å²) in [5.74, 6) is 1.10. The quantitative estimate of drug-likeness (QED) is 0.703. The van der Waals surface area contributed by atoms with E-state index in [9.17, 15) is 9.59 Å². The van der Waals surface area contributed by atoms with Gasteiger partial charge in [0.1, 0.15) is 11.6 Å². The Hall–Kier alpha value is -3.42. The highest BCUT2D eigenvalue weighted by molar-refractivity contribution is 5.93. The second-order valence-electron chi connectivity index (χ2n) is 8.11. The third-order valence-corrected chi connectivity index (χ3v) is 6.20. The van der Waals surface area contributed by atoms with Gasteiger partial charge in [0, 0.05) is 54.4 Å². The Labute approximate surface area is 173 Å². The fraction of sp³-hybridized carbons (Fsp3) is 0.364. The lowest BCUT2D eigenvalue weighted by atomic mass is 9.77. The Balaban J connectivity index is 1.50. The van der Waals surface area contributed by atoms with E-state index in [4.69, 9.17) is 4.98 Å². The molecule has 2 aliphatic rings. The van der Waals surface area contributed by atoms with Gasteiger partial charge in [-0.1, -0.05) is 0 Å². The first-order valence-electron chi connectivity index (χ1n) is 10.2. The smallest absolute Gasteiger partial charge is 0.257 e. The van der Waals surface area contributed by atoms with Gasteiger partial charge >= 0.3 is 0 Å². The van der Waals surface area contributed by atoms with Gasteiger partial charge in [0.25, 0.3) is 11.5 Å². The maximum absolute atomic E-state index is 13.1. The summed E-state index contributed by atoms with van der Waals surface area (Å²) in [6.07, 6.45) is 9.84. The van der Waals surface area contributed by atoms with E-state index in [1.165, 1.54) is 0 Å². The average molecular weight is 402 g/mol. The van der Waals surface area contributed by atoms with Crippen LogP contribution >= 0.6 is 0 Å². The minimum atomic E-state index is -0.292. The van der Waals surface area contributed by atoms with E-state index in [2.05, 4.69) is 19.9 Å². The van der Waals surface area contributed by atoms with Gasteiger partial charge < -0.3 is 9.88 Å². The van der Waals surface area contributed by atoms with Crippen LogP contribution in [0.3, 0.4) is 0 Å². The zero-order valence-electron chi connectivity index (χ0n) is 16.8. The van der Waals surface area contributed by atoms with Crippen LogP contribution in [0.2, 0.25) is 0 Å². The molecule has 0 radical (unpaired) electrons. The molecule has 0 aromatic carbocycles. The highest BCUT2D eigenvalue weighted by Crippen LogP contribution is 2.43. The van der Waals surface area contributed by atoms with Gasteiger partial charge in [-0.25, -0.2) is 15.0 Å². The van der Waals surface area contributed by atoms with Crippen LogP contribution in [0.1, 0.15) is 46.7 Å². The first-order chi connectivity index (χ1) is 14.6. The number of aromatic amines is 1. The molecule has 152 valence electrons. The van der Waals surface area contributed by atoms with Crippen LogP contribution in [0, 0.1) is 6.92 Å². The zero-order valence-corrected chi connectivity index (χ0v) is 16.8. The normalized spacial score (nSPS) is 20.4. The van der Waals surface area contributed by atoms with Crippen LogP contribution in [0.25, 0.3) is 11.4 Å². The summed E-state index contributed by atoms with van der Waals surface area (Å²) in [5.41, 5.74) is 2.47. The molecule has 0 saturated carbocycles. The van der Waals surface area contributed by atoms with Gasteiger partial charge in [-0.2, -0.15) is 0 Å². The maximum atomic E-state index is 13.1. The predicted octanol–water partition coefficient (Wildman–Crippen LogP) is 2.05. The van der Waals surface area contributed by atoms with Gasteiger partial charge in [0.05, 0.1) is 11.3 Å². The molecule has 1 aliphatic heterocycles. The summed E-state index contributed by atoms with van der Waals surface area (Å²) in [7, 11) is 0. The molecule has 30 heavy (non-hydrogen) atoms. The van der Waals surface area contributed by atoms with Crippen molar-refractivity contribution in [1.82, 2.24) is 29.8 Å². The molecule has 4 heterocycles. The summed E-state index contributed by atoms with van der Waals surface area (Å²) >= 11 is 0. The van der Waals surface area contributed by atoms with Crippen LogP contribution in [-0.4, -0.2) is 48.8 Å². The standard InChI is InChI=1S/C22H22N6O2/c1-14-24-11-16(12-25-14)21(30)28-9-3-6-22(13-28)7-5-17-18(22)26-19(27-20(17)29)15-4-2-8-23-10-15/h2,4,8,10-12H,3,5-7,9,13H2,1H3,(H,26,27,29). The van der Waals surface area contributed by atoms with Crippen molar-refractivity contribution < 1.29 is 4.79 Å². The van der Waals surface area contributed by atoms with Crippen LogP contribution < -0.4 is 5.56 Å². The Morgan fingerprint density at radius 3 is 2.80 bits per heavy atom. The van der Waals surface area contributed by atoms with Crippen molar-refractivity contribution >= 4 is 5.91 Å². The molecule has 1 aliphatic carbocycles. The summed E-state index contributed by atoms with van der Waals surface area (Å²) in [6, 6.07) is 3.70. The number of hydrogen-bond acceptors (Lipinski definition) is 6. The molecule has 8 nitrogen and oxygen atoms in total. The minimum Gasteiger partial charge on any atom is -0.338 e. The summed E-state index contributed by atoms with van der Waals surface area (Å²) < 4.78 is 0. The van der Waals surface area contributed by atoms with Gasteiger partial charge in [-0.15, -0.1) is 0 Å². The number of piperidine rings is 1. The lowest BCUT2D eigenvalue weighted by molar-refractivity contribution is 0.0632. The molecular weight excluding hydrogens is 380 g/mol. The second kappa shape index (κ2) is 7.12. The number of carbonyl (C=O) groups excluding carboxylic acids is 1. The number of H-pyrrole nitrogens is 1. The summed E-state index contributed by atoms with van der Waals surface area (Å²) in [4.78, 5) is 47.9. The van der Waals surface area contributed by atoms with E-state index in [-0.39, 0.29) is 16.9 Å². The van der Waals surface area contributed by atoms with E-state index in [0.717, 1.165) is 36.1 Å². The largest absolute Gasteiger partial charge is 0.338 e. The van der Waals surface area contributed by atoms with E-state index in [0.29, 0.717) is 36.7 Å². The van der Waals surface area contributed by atoms with Crippen molar-refractivity contribution in [2.45, 2.75) is 38.0 Å². The number of likely N-dealkylation sites (tertiary alicyclic amines) is 1. The summed E-state index contributed by atoms with van der Waals surface area (Å²) in [6.45, 7) is 3.03. The number of aromatic nitrogens is 5. The van der Waals surface area contributed by atoms with E-state index in [1.807, 2.05) is 17.0 Å². The Morgan fingerprint density at radius 1 is 1.20 bits per heavy atom. The fourth-order valence-electron chi connectivity index (χ4n) is 4.68. The van der Waals surface area contributed by atoms with Crippen molar-refractivity contribution in [2.75, 3.05) is 13.1 Å².